The fourth-order valence-corrected chi connectivity index (χ4v) is 4.02. The second-order valence-corrected chi connectivity index (χ2v) is 6.86. The minimum absolute atomic E-state index is 0.275. The summed E-state index contributed by atoms with van der Waals surface area (Å²) in [5.74, 6) is 1.74. The van der Waals surface area contributed by atoms with Crippen molar-refractivity contribution >= 4 is 39.0 Å². The van der Waals surface area contributed by atoms with Crippen molar-refractivity contribution in [2.24, 2.45) is 5.92 Å². The van der Waals surface area contributed by atoms with Crippen LogP contribution < -0.4 is 4.90 Å². The van der Waals surface area contributed by atoms with Crippen molar-refractivity contribution in [1.82, 2.24) is 9.97 Å². The molecule has 3 heterocycles. The molecule has 1 saturated heterocycles. The number of piperidine rings is 1. The van der Waals surface area contributed by atoms with Crippen molar-refractivity contribution in [3.8, 4) is 0 Å². The number of thiophene rings is 1. The highest BCUT2D eigenvalue weighted by Gasteiger charge is 2.24. The molecule has 2 aromatic heterocycles. The third-order valence-electron chi connectivity index (χ3n) is 4.00. The molecule has 3 nitrogen and oxygen atoms in total. The van der Waals surface area contributed by atoms with E-state index in [0.717, 1.165) is 37.3 Å². The van der Waals surface area contributed by atoms with Crippen molar-refractivity contribution in [2.45, 2.75) is 32.1 Å². The fraction of sp³-hybridized carbons (Fsp3) is 0.571. The Kier molecular flexibility index (Phi) is 3.63. The zero-order chi connectivity index (χ0) is 13.4. The predicted octanol–water partition coefficient (Wildman–Crippen LogP) is 3.84. The van der Waals surface area contributed by atoms with Crippen molar-refractivity contribution in [3.05, 3.63) is 17.3 Å². The highest BCUT2D eigenvalue weighted by atomic mass is 35.5. The van der Waals surface area contributed by atoms with Gasteiger partial charge in [0.05, 0.1) is 10.2 Å². The SMILES string of the molecule is Cc1csc2c(N3CCC(C(C)Cl)CC3)ncnc12. The highest BCUT2D eigenvalue weighted by molar-refractivity contribution is 7.18. The Balaban J connectivity index is 1.86. The summed E-state index contributed by atoms with van der Waals surface area (Å²) < 4.78 is 1.22. The van der Waals surface area contributed by atoms with Crippen molar-refractivity contribution in [2.75, 3.05) is 18.0 Å². The van der Waals surface area contributed by atoms with Gasteiger partial charge in [0.1, 0.15) is 12.1 Å². The minimum atomic E-state index is 0.275. The van der Waals surface area contributed by atoms with Gasteiger partial charge in [0.25, 0.3) is 0 Å². The average Bonchev–Trinajstić information content (AvgIpc) is 2.81. The van der Waals surface area contributed by atoms with Gasteiger partial charge >= 0.3 is 0 Å². The number of halogens is 1. The van der Waals surface area contributed by atoms with E-state index in [1.54, 1.807) is 17.7 Å². The minimum Gasteiger partial charge on any atom is -0.355 e. The summed E-state index contributed by atoms with van der Waals surface area (Å²) in [7, 11) is 0. The van der Waals surface area contributed by atoms with E-state index in [1.807, 2.05) is 0 Å². The van der Waals surface area contributed by atoms with E-state index in [1.165, 1.54) is 10.3 Å². The molecule has 1 aliphatic rings. The van der Waals surface area contributed by atoms with Gasteiger partial charge in [0, 0.05) is 18.5 Å². The number of anilines is 1. The highest BCUT2D eigenvalue weighted by Crippen LogP contribution is 2.33. The summed E-state index contributed by atoms with van der Waals surface area (Å²) in [6, 6.07) is 0. The molecule has 0 N–H and O–H groups in total. The predicted molar refractivity (Wildman–Crippen MR) is 82.4 cm³/mol. The standard InChI is InChI=1S/C14H18ClN3S/c1-9-7-19-13-12(9)16-8-17-14(13)18-5-3-11(4-6-18)10(2)15/h7-8,10-11H,3-6H2,1-2H3. The molecular formula is C14H18ClN3S. The van der Waals surface area contributed by atoms with E-state index in [9.17, 15) is 0 Å². The van der Waals surface area contributed by atoms with Crippen LogP contribution in [0.15, 0.2) is 11.7 Å². The first kappa shape index (κ1) is 13.1. The van der Waals surface area contributed by atoms with E-state index < -0.39 is 0 Å². The normalized spacial score (nSPS) is 19.0. The Morgan fingerprint density at radius 1 is 1.37 bits per heavy atom. The largest absolute Gasteiger partial charge is 0.355 e. The summed E-state index contributed by atoms with van der Waals surface area (Å²) >= 11 is 7.96. The van der Waals surface area contributed by atoms with Gasteiger partial charge in [0.2, 0.25) is 0 Å². The molecule has 1 atom stereocenters. The maximum absolute atomic E-state index is 6.21. The molecule has 1 fully saturated rings. The van der Waals surface area contributed by atoms with Gasteiger partial charge in [-0.1, -0.05) is 0 Å². The quantitative estimate of drug-likeness (QED) is 0.788. The molecule has 1 aliphatic heterocycles. The van der Waals surface area contributed by atoms with Gasteiger partial charge in [-0.2, -0.15) is 0 Å². The van der Waals surface area contributed by atoms with Crippen LogP contribution in [0.2, 0.25) is 0 Å². The molecule has 0 spiro atoms. The first-order valence-corrected chi connectivity index (χ1v) is 8.06. The second-order valence-electron chi connectivity index (χ2n) is 5.30. The lowest BCUT2D eigenvalue weighted by Crippen LogP contribution is -2.36. The summed E-state index contributed by atoms with van der Waals surface area (Å²) in [5, 5.41) is 2.44. The molecule has 2 aromatic rings. The molecule has 0 saturated carbocycles. The molecule has 5 heteroatoms. The number of nitrogens with zero attached hydrogens (tertiary/aromatic N) is 3. The van der Waals surface area contributed by atoms with E-state index in [4.69, 9.17) is 11.6 Å². The lowest BCUT2D eigenvalue weighted by molar-refractivity contribution is 0.399. The van der Waals surface area contributed by atoms with Gasteiger partial charge < -0.3 is 4.90 Å². The molecule has 0 radical (unpaired) electrons. The van der Waals surface area contributed by atoms with Crippen LogP contribution in [0.25, 0.3) is 10.2 Å². The number of aryl methyl sites for hydroxylation is 1. The second kappa shape index (κ2) is 5.25. The van der Waals surface area contributed by atoms with Crippen LogP contribution in [0.5, 0.6) is 0 Å². The van der Waals surface area contributed by atoms with E-state index in [2.05, 4.69) is 34.1 Å². The Morgan fingerprint density at radius 2 is 2.11 bits per heavy atom. The number of aromatic nitrogens is 2. The fourth-order valence-electron chi connectivity index (χ4n) is 2.75. The van der Waals surface area contributed by atoms with Crippen molar-refractivity contribution in [1.29, 1.82) is 0 Å². The molecule has 19 heavy (non-hydrogen) atoms. The molecule has 3 rings (SSSR count). The Morgan fingerprint density at radius 3 is 2.79 bits per heavy atom. The Hall–Kier alpha value is -0.870. The zero-order valence-electron chi connectivity index (χ0n) is 11.3. The van der Waals surface area contributed by atoms with Crippen LogP contribution in [-0.2, 0) is 0 Å². The van der Waals surface area contributed by atoms with Crippen LogP contribution >= 0.6 is 22.9 Å². The lowest BCUT2D eigenvalue weighted by atomic mass is 9.94. The molecule has 0 bridgehead atoms. The molecule has 0 aliphatic carbocycles. The van der Waals surface area contributed by atoms with Crippen LogP contribution in [0.4, 0.5) is 5.82 Å². The maximum Gasteiger partial charge on any atom is 0.150 e. The van der Waals surface area contributed by atoms with Crippen molar-refractivity contribution in [3.63, 3.8) is 0 Å². The van der Waals surface area contributed by atoms with Gasteiger partial charge in [-0.05, 0) is 43.6 Å². The summed E-state index contributed by atoms with van der Waals surface area (Å²) in [5.41, 5.74) is 2.34. The molecule has 0 aromatic carbocycles. The van der Waals surface area contributed by atoms with Gasteiger partial charge in [-0.15, -0.1) is 22.9 Å². The summed E-state index contributed by atoms with van der Waals surface area (Å²) in [6.45, 7) is 6.31. The zero-order valence-corrected chi connectivity index (χ0v) is 12.8. The van der Waals surface area contributed by atoms with Crippen LogP contribution in [0.3, 0.4) is 0 Å². The van der Waals surface area contributed by atoms with Gasteiger partial charge in [-0.3, -0.25) is 0 Å². The molecular weight excluding hydrogens is 278 g/mol. The topological polar surface area (TPSA) is 29.0 Å². The van der Waals surface area contributed by atoms with Gasteiger partial charge in [0.15, 0.2) is 0 Å². The number of rotatable bonds is 2. The van der Waals surface area contributed by atoms with Crippen LogP contribution in [0, 0.1) is 12.8 Å². The summed E-state index contributed by atoms with van der Waals surface area (Å²) in [4.78, 5) is 11.3. The summed E-state index contributed by atoms with van der Waals surface area (Å²) in [6.07, 6.45) is 3.99. The maximum atomic E-state index is 6.21. The third kappa shape index (κ3) is 2.43. The number of hydrogen-bond donors (Lipinski definition) is 0. The lowest BCUT2D eigenvalue weighted by Gasteiger charge is -2.34. The molecule has 102 valence electrons. The van der Waals surface area contributed by atoms with E-state index in [-0.39, 0.29) is 5.38 Å². The first-order chi connectivity index (χ1) is 9.16. The first-order valence-electron chi connectivity index (χ1n) is 6.74. The average molecular weight is 296 g/mol. The van der Waals surface area contributed by atoms with Crippen LogP contribution in [0.1, 0.15) is 25.3 Å². The molecule has 0 amide bonds. The molecule has 1 unspecified atom stereocenters. The van der Waals surface area contributed by atoms with Crippen LogP contribution in [-0.4, -0.2) is 28.4 Å². The monoisotopic (exact) mass is 295 g/mol. The number of hydrogen-bond acceptors (Lipinski definition) is 4. The Labute approximate surface area is 122 Å². The smallest absolute Gasteiger partial charge is 0.150 e. The van der Waals surface area contributed by atoms with E-state index >= 15 is 0 Å². The Bertz CT molecular complexity index is 573. The number of fused-ring (bicyclic) bond motifs is 1. The van der Waals surface area contributed by atoms with Crippen molar-refractivity contribution < 1.29 is 0 Å². The van der Waals surface area contributed by atoms with Gasteiger partial charge in [-0.25, -0.2) is 9.97 Å². The van der Waals surface area contributed by atoms with E-state index in [0.29, 0.717) is 5.92 Å². The number of alkyl halides is 1. The third-order valence-corrected chi connectivity index (χ3v) is 5.44.